The van der Waals surface area contributed by atoms with Crippen LogP contribution in [0.2, 0.25) is 0 Å². The summed E-state index contributed by atoms with van der Waals surface area (Å²) in [5, 5.41) is 0. The number of rotatable bonds is 2. The largest absolute Gasteiger partial charge is 0.327 e. The Hall–Kier alpha value is -0.0900. The quantitative estimate of drug-likeness (QED) is 0.832. The van der Waals surface area contributed by atoms with Crippen LogP contribution < -0.4 is 5.73 Å². The molecule has 2 heteroatoms. The zero-order valence-electron chi connectivity index (χ0n) is 8.34. The number of hydrogen-bond donors (Lipinski definition) is 1. The van der Waals surface area contributed by atoms with E-state index in [1.165, 1.54) is 9.13 Å². The second kappa shape index (κ2) is 3.96. The molecular formula is C11H16IN. The molecule has 0 radical (unpaired) electrons. The zero-order chi connectivity index (χ0) is 10.1. The van der Waals surface area contributed by atoms with Gasteiger partial charge in [0.05, 0.1) is 0 Å². The van der Waals surface area contributed by atoms with Crippen molar-refractivity contribution in [2.24, 2.45) is 5.73 Å². The maximum absolute atomic E-state index is 5.95. The van der Waals surface area contributed by atoms with Gasteiger partial charge in [-0.1, -0.05) is 26.0 Å². The Labute approximate surface area is 93.9 Å². The highest BCUT2D eigenvalue weighted by Gasteiger charge is 2.24. The second-order valence-corrected chi connectivity index (χ2v) is 5.27. The zero-order valence-corrected chi connectivity index (χ0v) is 10.5. The molecule has 1 aromatic rings. The van der Waals surface area contributed by atoms with Gasteiger partial charge in [-0.3, -0.25) is 0 Å². The lowest BCUT2D eigenvalue weighted by molar-refractivity contribution is 0.434. The Balaban J connectivity index is 3.07. The van der Waals surface area contributed by atoms with Crippen LogP contribution in [-0.4, -0.2) is 6.04 Å². The molecule has 1 atom stereocenters. The normalized spacial score (nSPS) is 14.2. The third kappa shape index (κ3) is 2.44. The Morgan fingerprint density at radius 3 is 2.46 bits per heavy atom. The van der Waals surface area contributed by atoms with Gasteiger partial charge in [-0.05, 0) is 47.2 Å². The van der Waals surface area contributed by atoms with Gasteiger partial charge in [0.2, 0.25) is 0 Å². The smallest absolute Gasteiger partial charge is 0.0133 e. The van der Waals surface area contributed by atoms with Crippen LogP contribution in [0.5, 0.6) is 0 Å². The van der Waals surface area contributed by atoms with Crippen LogP contribution in [0.15, 0.2) is 24.3 Å². The molecule has 0 aromatic heterocycles. The standard InChI is InChI=1S/C11H16IN/c1-8(13)11(2,3)9-5-4-6-10(12)7-9/h4-8H,13H2,1-3H3. The van der Waals surface area contributed by atoms with Crippen LogP contribution in [0.3, 0.4) is 0 Å². The highest BCUT2D eigenvalue weighted by Crippen LogP contribution is 2.26. The topological polar surface area (TPSA) is 26.0 Å². The van der Waals surface area contributed by atoms with E-state index in [0.717, 1.165) is 0 Å². The number of halogens is 1. The second-order valence-electron chi connectivity index (χ2n) is 4.02. The van der Waals surface area contributed by atoms with Gasteiger partial charge in [-0.15, -0.1) is 0 Å². The molecule has 2 N–H and O–H groups in total. The molecule has 1 aromatic carbocycles. The van der Waals surface area contributed by atoms with E-state index < -0.39 is 0 Å². The fourth-order valence-electron chi connectivity index (χ4n) is 1.15. The van der Waals surface area contributed by atoms with Gasteiger partial charge in [0.1, 0.15) is 0 Å². The van der Waals surface area contributed by atoms with Gasteiger partial charge in [-0.25, -0.2) is 0 Å². The van der Waals surface area contributed by atoms with Crippen molar-refractivity contribution in [3.05, 3.63) is 33.4 Å². The Kier molecular flexibility index (Phi) is 3.35. The molecule has 72 valence electrons. The molecule has 0 aliphatic rings. The van der Waals surface area contributed by atoms with E-state index in [2.05, 4.69) is 67.6 Å². The Bertz CT molecular complexity index is 292. The minimum Gasteiger partial charge on any atom is -0.327 e. The van der Waals surface area contributed by atoms with Crippen LogP contribution in [0.4, 0.5) is 0 Å². The van der Waals surface area contributed by atoms with Crippen molar-refractivity contribution in [3.63, 3.8) is 0 Å². The van der Waals surface area contributed by atoms with Crippen LogP contribution in [0.1, 0.15) is 26.3 Å². The SMILES string of the molecule is CC(N)C(C)(C)c1cccc(I)c1. The lowest BCUT2D eigenvalue weighted by Crippen LogP contribution is -2.38. The van der Waals surface area contributed by atoms with Crippen molar-refractivity contribution >= 4 is 22.6 Å². The number of nitrogens with two attached hydrogens (primary N) is 1. The van der Waals surface area contributed by atoms with Gasteiger partial charge in [0.15, 0.2) is 0 Å². The molecule has 0 heterocycles. The lowest BCUT2D eigenvalue weighted by atomic mass is 9.79. The third-order valence-electron chi connectivity index (χ3n) is 2.71. The minimum absolute atomic E-state index is 0.0567. The molecule has 0 saturated carbocycles. The first-order valence-corrected chi connectivity index (χ1v) is 5.54. The van der Waals surface area contributed by atoms with Crippen molar-refractivity contribution < 1.29 is 0 Å². The molecule has 0 amide bonds. The summed E-state index contributed by atoms with van der Waals surface area (Å²) in [5.74, 6) is 0. The first-order valence-electron chi connectivity index (χ1n) is 4.46. The van der Waals surface area contributed by atoms with E-state index >= 15 is 0 Å². The first kappa shape index (κ1) is 11.0. The van der Waals surface area contributed by atoms with E-state index in [9.17, 15) is 0 Å². The van der Waals surface area contributed by atoms with Crippen molar-refractivity contribution in [2.45, 2.75) is 32.2 Å². The van der Waals surface area contributed by atoms with Gasteiger partial charge in [-0.2, -0.15) is 0 Å². The molecule has 0 fully saturated rings. The predicted molar refractivity (Wildman–Crippen MR) is 65.8 cm³/mol. The molecule has 0 aliphatic carbocycles. The highest BCUT2D eigenvalue weighted by molar-refractivity contribution is 14.1. The summed E-state index contributed by atoms with van der Waals surface area (Å²) in [6.45, 7) is 6.42. The minimum atomic E-state index is 0.0567. The van der Waals surface area contributed by atoms with Gasteiger partial charge >= 0.3 is 0 Å². The van der Waals surface area contributed by atoms with Crippen molar-refractivity contribution in [1.82, 2.24) is 0 Å². The lowest BCUT2D eigenvalue weighted by Gasteiger charge is -2.29. The van der Waals surface area contributed by atoms with Gasteiger partial charge < -0.3 is 5.73 Å². The summed E-state index contributed by atoms with van der Waals surface area (Å²) < 4.78 is 1.27. The summed E-state index contributed by atoms with van der Waals surface area (Å²) in [6.07, 6.45) is 0. The fraction of sp³-hybridized carbons (Fsp3) is 0.455. The predicted octanol–water partition coefficient (Wildman–Crippen LogP) is 2.92. The molecule has 1 rings (SSSR count). The van der Waals surface area contributed by atoms with E-state index in [1.54, 1.807) is 0 Å². The van der Waals surface area contributed by atoms with Crippen molar-refractivity contribution in [3.8, 4) is 0 Å². The van der Waals surface area contributed by atoms with Crippen LogP contribution in [-0.2, 0) is 5.41 Å². The molecule has 0 saturated heterocycles. The van der Waals surface area contributed by atoms with E-state index in [4.69, 9.17) is 5.73 Å². The molecule has 0 spiro atoms. The summed E-state index contributed by atoms with van der Waals surface area (Å²) in [6, 6.07) is 8.70. The van der Waals surface area contributed by atoms with Gasteiger partial charge in [0, 0.05) is 15.0 Å². The average molecular weight is 289 g/mol. The molecule has 1 nitrogen and oxygen atoms in total. The monoisotopic (exact) mass is 289 g/mol. The average Bonchev–Trinajstić information content (AvgIpc) is 2.04. The van der Waals surface area contributed by atoms with Crippen molar-refractivity contribution in [2.75, 3.05) is 0 Å². The highest BCUT2D eigenvalue weighted by atomic mass is 127. The third-order valence-corrected chi connectivity index (χ3v) is 3.38. The first-order chi connectivity index (χ1) is 5.94. The summed E-state index contributed by atoms with van der Waals surface area (Å²) in [5.41, 5.74) is 7.32. The summed E-state index contributed by atoms with van der Waals surface area (Å²) in [4.78, 5) is 0. The van der Waals surface area contributed by atoms with Crippen LogP contribution >= 0.6 is 22.6 Å². The maximum Gasteiger partial charge on any atom is 0.0133 e. The van der Waals surface area contributed by atoms with E-state index in [1.807, 2.05) is 0 Å². The Morgan fingerprint density at radius 1 is 1.38 bits per heavy atom. The number of benzene rings is 1. The summed E-state index contributed by atoms with van der Waals surface area (Å²) >= 11 is 2.33. The van der Waals surface area contributed by atoms with Crippen LogP contribution in [0, 0.1) is 3.57 Å². The van der Waals surface area contributed by atoms with Gasteiger partial charge in [0.25, 0.3) is 0 Å². The molecule has 0 aliphatic heterocycles. The Morgan fingerprint density at radius 2 is 2.00 bits per heavy atom. The van der Waals surface area contributed by atoms with Crippen LogP contribution in [0.25, 0.3) is 0 Å². The number of hydrogen-bond acceptors (Lipinski definition) is 1. The fourth-order valence-corrected chi connectivity index (χ4v) is 1.70. The molecule has 13 heavy (non-hydrogen) atoms. The summed E-state index contributed by atoms with van der Waals surface area (Å²) in [7, 11) is 0. The van der Waals surface area contributed by atoms with E-state index in [-0.39, 0.29) is 11.5 Å². The van der Waals surface area contributed by atoms with Crippen molar-refractivity contribution in [1.29, 1.82) is 0 Å². The maximum atomic E-state index is 5.95. The molecular weight excluding hydrogens is 273 g/mol. The van der Waals surface area contributed by atoms with E-state index in [0.29, 0.717) is 0 Å². The molecule has 0 bridgehead atoms. The molecule has 1 unspecified atom stereocenters.